The van der Waals surface area contributed by atoms with Gasteiger partial charge in [-0.05, 0) is 30.5 Å². The first-order chi connectivity index (χ1) is 8.02. The summed E-state index contributed by atoms with van der Waals surface area (Å²) < 4.78 is 0. The molecule has 17 heavy (non-hydrogen) atoms. The fourth-order valence-electron chi connectivity index (χ4n) is 1.44. The Morgan fingerprint density at radius 3 is 2.76 bits per heavy atom. The van der Waals surface area contributed by atoms with Crippen LogP contribution in [0.4, 0.5) is 11.4 Å². The van der Waals surface area contributed by atoms with Crippen LogP contribution in [0.15, 0.2) is 23.2 Å². The van der Waals surface area contributed by atoms with Gasteiger partial charge in [0.1, 0.15) is 0 Å². The smallest absolute Gasteiger partial charge is 0.240 e. The van der Waals surface area contributed by atoms with Gasteiger partial charge >= 0.3 is 0 Å². The molecule has 0 radical (unpaired) electrons. The molecule has 0 aliphatic rings. The summed E-state index contributed by atoms with van der Waals surface area (Å²) >= 11 is 0. The molecule has 0 unspecified atom stereocenters. The Bertz CT molecular complexity index is 460. The van der Waals surface area contributed by atoms with Gasteiger partial charge in [-0.2, -0.15) is 4.99 Å². The summed E-state index contributed by atoms with van der Waals surface area (Å²) in [5.74, 6) is 0.276. The average molecular weight is 232 g/mol. The average Bonchev–Trinajstić information content (AvgIpc) is 2.22. The van der Waals surface area contributed by atoms with Crippen molar-refractivity contribution in [3.05, 3.63) is 23.8 Å². The summed E-state index contributed by atoms with van der Waals surface area (Å²) in [6, 6.07) is 5.26. The Kier molecular flexibility index (Phi) is 4.61. The van der Waals surface area contributed by atoms with Crippen molar-refractivity contribution >= 4 is 23.4 Å². The number of carbonyl (C=O) groups excluding carboxylic acids is 2. The molecule has 1 rings (SSSR count). The number of amides is 1. The number of aliphatic imine (C=N–C) groups is 1. The standard InChI is InChI=1S/C13H16N2O2/c1-9(2)6-13(17)15-11-5-4-10(3)12(7-11)14-8-16/h4-5,7,9H,6H2,1-3H3,(H,15,17). The summed E-state index contributed by atoms with van der Waals surface area (Å²) in [5.41, 5.74) is 2.05. The maximum absolute atomic E-state index is 11.6. The molecule has 1 aromatic rings. The minimum absolute atomic E-state index is 0.0371. The van der Waals surface area contributed by atoms with Crippen LogP contribution >= 0.6 is 0 Å². The topological polar surface area (TPSA) is 58.5 Å². The van der Waals surface area contributed by atoms with Crippen LogP contribution in [0.25, 0.3) is 0 Å². The van der Waals surface area contributed by atoms with Crippen molar-refractivity contribution in [3.8, 4) is 0 Å². The first-order valence-electron chi connectivity index (χ1n) is 5.51. The predicted octanol–water partition coefficient (Wildman–Crippen LogP) is 2.95. The molecule has 0 bridgehead atoms. The Labute approximate surface area is 101 Å². The molecular weight excluding hydrogens is 216 g/mol. The third kappa shape index (κ3) is 4.21. The van der Waals surface area contributed by atoms with Crippen molar-refractivity contribution in [1.29, 1.82) is 0 Å². The van der Waals surface area contributed by atoms with E-state index in [2.05, 4.69) is 10.3 Å². The second-order valence-electron chi connectivity index (χ2n) is 4.35. The van der Waals surface area contributed by atoms with Crippen LogP contribution in [0.2, 0.25) is 0 Å². The molecule has 0 spiro atoms. The van der Waals surface area contributed by atoms with E-state index in [9.17, 15) is 9.59 Å². The van der Waals surface area contributed by atoms with E-state index >= 15 is 0 Å². The number of carbonyl (C=O) groups is 1. The number of anilines is 1. The Balaban J connectivity index is 2.82. The minimum atomic E-state index is -0.0371. The lowest BCUT2D eigenvalue weighted by atomic mass is 10.1. The van der Waals surface area contributed by atoms with Gasteiger partial charge in [0.15, 0.2) is 0 Å². The molecule has 90 valence electrons. The lowest BCUT2D eigenvalue weighted by molar-refractivity contribution is -0.116. The molecule has 0 aliphatic heterocycles. The van der Waals surface area contributed by atoms with E-state index in [1.165, 1.54) is 6.08 Å². The van der Waals surface area contributed by atoms with Gasteiger partial charge in [0.05, 0.1) is 5.69 Å². The highest BCUT2D eigenvalue weighted by Gasteiger charge is 2.06. The number of rotatable bonds is 4. The number of hydrogen-bond donors (Lipinski definition) is 1. The highest BCUT2D eigenvalue weighted by Crippen LogP contribution is 2.22. The largest absolute Gasteiger partial charge is 0.326 e. The summed E-state index contributed by atoms with van der Waals surface area (Å²) in [6.45, 7) is 5.81. The fourth-order valence-corrected chi connectivity index (χ4v) is 1.44. The molecule has 0 aromatic heterocycles. The van der Waals surface area contributed by atoms with E-state index in [0.717, 1.165) is 5.56 Å². The van der Waals surface area contributed by atoms with Gasteiger partial charge in [-0.3, -0.25) is 4.79 Å². The zero-order chi connectivity index (χ0) is 12.8. The van der Waals surface area contributed by atoms with Gasteiger partial charge in [0, 0.05) is 12.1 Å². The molecule has 0 aliphatic carbocycles. The quantitative estimate of drug-likeness (QED) is 0.641. The van der Waals surface area contributed by atoms with Crippen LogP contribution in [0, 0.1) is 12.8 Å². The number of nitrogens with zero attached hydrogens (tertiary/aromatic N) is 1. The highest BCUT2D eigenvalue weighted by atomic mass is 16.1. The van der Waals surface area contributed by atoms with Crippen LogP contribution in [0.1, 0.15) is 25.8 Å². The zero-order valence-electron chi connectivity index (χ0n) is 10.3. The Hall–Kier alpha value is -1.93. The van der Waals surface area contributed by atoms with E-state index in [1.807, 2.05) is 20.8 Å². The fraction of sp³-hybridized carbons (Fsp3) is 0.385. The van der Waals surface area contributed by atoms with Crippen molar-refractivity contribution in [2.45, 2.75) is 27.2 Å². The third-order valence-corrected chi connectivity index (χ3v) is 2.25. The van der Waals surface area contributed by atoms with Crippen molar-refractivity contribution in [1.82, 2.24) is 0 Å². The zero-order valence-corrected chi connectivity index (χ0v) is 10.3. The van der Waals surface area contributed by atoms with Gasteiger partial charge in [0.2, 0.25) is 12.0 Å². The van der Waals surface area contributed by atoms with Gasteiger partial charge in [0.25, 0.3) is 0 Å². The molecule has 0 atom stereocenters. The number of nitrogens with one attached hydrogen (secondary N) is 1. The minimum Gasteiger partial charge on any atom is -0.326 e. The molecule has 0 fully saturated rings. The molecule has 0 saturated heterocycles. The number of hydrogen-bond acceptors (Lipinski definition) is 3. The van der Waals surface area contributed by atoms with Crippen molar-refractivity contribution < 1.29 is 9.59 Å². The van der Waals surface area contributed by atoms with Crippen molar-refractivity contribution in [3.63, 3.8) is 0 Å². The maximum Gasteiger partial charge on any atom is 0.240 e. The predicted molar refractivity (Wildman–Crippen MR) is 67.0 cm³/mol. The maximum atomic E-state index is 11.6. The van der Waals surface area contributed by atoms with Crippen molar-refractivity contribution in [2.24, 2.45) is 10.9 Å². The highest BCUT2D eigenvalue weighted by molar-refractivity contribution is 5.91. The molecule has 4 nitrogen and oxygen atoms in total. The molecular formula is C13H16N2O2. The van der Waals surface area contributed by atoms with E-state index in [1.54, 1.807) is 18.2 Å². The normalized spacial score (nSPS) is 9.88. The summed E-state index contributed by atoms with van der Waals surface area (Å²) in [6.07, 6.45) is 1.97. The second kappa shape index (κ2) is 5.97. The van der Waals surface area contributed by atoms with E-state index in [4.69, 9.17) is 0 Å². The molecule has 0 heterocycles. The number of aryl methyl sites for hydroxylation is 1. The molecule has 4 heteroatoms. The van der Waals surface area contributed by atoms with Gasteiger partial charge in [-0.15, -0.1) is 0 Å². The van der Waals surface area contributed by atoms with Gasteiger partial charge < -0.3 is 5.32 Å². The summed E-state index contributed by atoms with van der Waals surface area (Å²) in [7, 11) is 0. The monoisotopic (exact) mass is 232 g/mol. The van der Waals surface area contributed by atoms with E-state index in [0.29, 0.717) is 23.7 Å². The number of isocyanates is 1. The van der Waals surface area contributed by atoms with Gasteiger partial charge in [-0.1, -0.05) is 19.9 Å². The SMILES string of the molecule is Cc1ccc(NC(=O)CC(C)C)cc1N=C=O. The molecule has 1 aromatic carbocycles. The Morgan fingerprint density at radius 1 is 1.47 bits per heavy atom. The summed E-state index contributed by atoms with van der Waals surface area (Å²) in [4.78, 5) is 25.4. The molecule has 1 N–H and O–H groups in total. The van der Waals surface area contributed by atoms with E-state index < -0.39 is 0 Å². The lowest BCUT2D eigenvalue weighted by Gasteiger charge is -2.08. The lowest BCUT2D eigenvalue weighted by Crippen LogP contribution is -2.13. The molecule has 1 amide bonds. The first kappa shape index (κ1) is 13.1. The van der Waals surface area contributed by atoms with Crippen LogP contribution in [0.3, 0.4) is 0 Å². The first-order valence-corrected chi connectivity index (χ1v) is 5.51. The number of benzene rings is 1. The Morgan fingerprint density at radius 2 is 2.18 bits per heavy atom. The van der Waals surface area contributed by atoms with E-state index in [-0.39, 0.29) is 5.91 Å². The molecule has 0 saturated carbocycles. The van der Waals surface area contributed by atoms with Crippen LogP contribution in [-0.4, -0.2) is 12.0 Å². The van der Waals surface area contributed by atoms with Crippen molar-refractivity contribution in [2.75, 3.05) is 5.32 Å². The summed E-state index contributed by atoms with van der Waals surface area (Å²) in [5, 5.41) is 2.77. The van der Waals surface area contributed by atoms with Gasteiger partial charge in [-0.25, -0.2) is 4.79 Å². The van der Waals surface area contributed by atoms with Crippen LogP contribution < -0.4 is 5.32 Å². The van der Waals surface area contributed by atoms with Crippen LogP contribution in [0.5, 0.6) is 0 Å². The second-order valence-corrected chi connectivity index (χ2v) is 4.35. The third-order valence-electron chi connectivity index (χ3n) is 2.25. The van der Waals surface area contributed by atoms with Crippen LogP contribution in [-0.2, 0) is 9.59 Å².